The predicted octanol–water partition coefficient (Wildman–Crippen LogP) is 4.48. The van der Waals surface area contributed by atoms with Gasteiger partial charge in [0.15, 0.2) is 0 Å². The molecular weight excluding hydrogens is 462 g/mol. The number of anilines is 1. The van der Waals surface area contributed by atoms with Gasteiger partial charge in [-0.3, -0.25) is 4.90 Å². The van der Waals surface area contributed by atoms with Gasteiger partial charge in [-0.15, -0.1) is 5.10 Å². The van der Waals surface area contributed by atoms with Crippen LogP contribution in [0.5, 0.6) is 5.88 Å². The van der Waals surface area contributed by atoms with E-state index in [-0.39, 0.29) is 11.9 Å². The minimum atomic E-state index is -0.0470. The van der Waals surface area contributed by atoms with Gasteiger partial charge in [-0.05, 0) is 36.8 Å². The zero-order valence-electron chi connectivity index (χ0n) is 16.6. The van der Waals surface area contributed by atoms with Gasteiger partial charge >= 0.3 is 0 Å². The number of thiazole rings is 1. The highest BCUT2D eigenvalue weighted by Crippen LogP contribution is 2.40. The first-order chi connectivity index (χ1) is 14.6. The molecule has 4 aromatic rings. The number of halogens is 1. The lowest BCUT2D eigenvalue weighted by atomic mass is 10.0. The molecule has 1 atom stereocenters. The van der Waals surface area contributed by atoms with Crippen molar-refractivity contribution in [3.8, 4) is 5.88 Å². The van der Waals surface area contributed by atoms with Crippen molar-refractivity contribution >= 4 is 37.9 Å². The molecule has 2 aromatic carbocycles. The Hall–Kier alpha value is -2.42. The van der Waals surface area contributed by atoms with Crippen molar-refractivity contribution in [2.75, 3.05) is 31.1 Å². The van der Waals surface area contributed by atoms with Crippen LogP contribution in [0.15, 0.2) is 59.1 Å². The summed E-state index contributed by atoms with van der Waals surface area (Å²) in [6.45, 7) is 5.52. The molecule has 154 valence electrons. The van der Waals surface area contributed by atoms with Gasteiger partial charge in [0.1, 0.15) is 5.82 Å². The Morgan fingerprint density at radius 1 is 1.03 bits per heavy atom. The lowest BCUT2D eigenvalue weighted by Gasteiger charge is -2.40. The van der Waals surface area contributed by atoms with E-state index in [9.17, 15) is 5.11 Å². The van der Waals surface area contributed by atoms with E-state index in [1.807, 2.05) is 19.1 Å². The smallest absolute Gasteiger partial charge is 0.230 e. The molecule has 0 radical (unpaired) electrons. The normalized spacial score (nSPS) is 16.3. The summed E-state index contributed by atoms with van der Waals surface area (Å²) < 4.78 is 2.59. The molecule has 30 heavy (non-hydrogen) atoms. The first kappa shape index (κ1) is 19.5. The lowest BCUT2D eigenvalue weighted by molar-refractivity contribution is 0.211. The van der Waals surface area contributed by atoms with E-state index in [1.165, 1.54) is 17.0 Å². The molecule has 0 amide bonds. The van der Waals surface area contributed by atoms with Gasteiger partial charge in [-0.2, -0.15) is 4.52 Å². The fourth-order valence-corrected chi connectivity index (χ4v) is 5.69. The highest BCUT2D eigenvalue weighted by atomic mass is 79.9. The average molecular weight is 484 g/mol. The molecule has 6 nitrogen and oxygen atoms in total. The number of benzene rings is 2. The van der Waals surface area contributed by atoms with Crippen molar-refractivity contribution in [2.45, 2.75) is 13.0 Å². The van der Waals surface area contributed by atoms with Crippen molar-refractivity contribution in [3.05, 3.63) is 75.3 Å². The van der Waals surface area contributed by atoms with Crippen LogP contribution in [0.25, 0.3) is 4.96 Å². The number of aromatic hydroxyl groups is 1. The van der Waals surface area contributed by atoms with Crippen LogP contribution in [0.3, 0.4) is 0 Å². The molecule has 1 saturated heterocycles. The Labute approximate surface area is 187 Å². The van der Waals surface area contributed by atoms with Crippen molar-refractivity contribution in [3.63, 3.8) is 0 Å². The Morgan fingerprint density at radius 3 is 2.50 bits per heavy atom. The molecule has 0 unspecified atom stereocenters. The molecule has 2 aromatic heterocycles. The van der Waals surface area contributed by atoms with Gasteiger partial charge in [-0.1, -0.05) is 57.6 Å². The molecular formula is C22H22BrN5OS. The molecule has 3 heterocycles. The topological polar surface area (TPSA) is 56.9 Å². The number of hydrogen-bond acceptors (Lipinski definition) is 6. The third-order valence-corrected chi connectivity index (χ3v) is 7.08. The summed E-state index contributed by atoms with van der Waals surface area (Å²) in [5.41, 5.74) is 2.40. The van der Waals surface area contributed by atoms with Crippen LogP contribution in [-0.2, 0) is 0 Å². The Bertz CT molecular complexity index is 1170. The number of piperazine rings is 1. The number of hydrogen-bond donors (Lipinski definition) is 1. The highest BCUT2D eigenvalue weighted by molar-refractivity contribution is 9.10. The third kappa shape index (κ3) is 3.59. The molecule has 1 N–H and O–H groups in total. The second-order valence-corrected chi connectivity index (χ2v) is 9.38. The van der Waals surface area contributed by atoms with E-state index in [0.717, 1.165) is 46.1 Å². The molecule has 1 fully saturated rings. The fraction of sp³-hybridized carbons (Fsp3) is 0.273. The number of rotatable bonds is 4. The van der Waals surface area contributed by atoms with Gasteiger partial charge < -0.3 is 10.0 Å². The van der Waals surface area contributed by atoms with E-state index in [2.05, 4.69) is 78.3 Å². The molecule has 0 aliphatic carbocycles. The SMILES string of the molecule is Cc1nc2sc([C@H](c3cccc(Br)c3)N3CCN(c4ccccc4)CC3)c(O)n2n1. The van der Waals surface area contributed by atoms with Crippen LogP contribution in [0.1, 0.15) is 22.3 Å². The van der Waals surface area contributed by atoms with E-state index in [0.29, 0.717) is 5.82 Å². The zero-order valence-corrected chi connectivity index (χ0v) is 19.0. The lowest BCUT2D eigenvalue weighted by Crippen LogP contribution is -2.47. The van der Waals surface area contributed by atoms with Crippen LogP contribution in [0.2, 0.25) is 0 Å². The molecule has 0 saturated carbocycles. The minimum Gasteiger partial charge on any atom is -0.492 e. The summed E-state index contributed by atoms with van der Waals surface area (Å²) >= 11 is 5.12. The maximum absolute atomic E-state index is 11.0. The molecule has 1 aliphatic heterocycles. The van der Waals surface area contributed by atoms with Crippen LogP contribution in [-0.4, -0.2) is 50.8 Å². The second kappa shape index (κ2) is 8.02. The summed E-state index contributed by atoms with van der Waals surface area (Å²) in [7, 11) is 0. The molecule has 0 spiro atoms. The van der Waals surface area contributed by atoms with Crippen LogP contribution < -0.4 is 4.90 Å². The monoisotopic (exact) mass is 483 g/mol. The fourth-order valence-electron chi connectivity index (χ4n) is 4.11. The molecule has 5 rings (SSSR count). The van der Waals surface area contributed by atoms with Crippen molar-refractivity contribution in [1.29, 1.82) is 0 Å². The summed E-state index contributed by atoms with van der Waals surface area (Å²) in [6, 6.07) is 18.8. The number of para-hydroxylation sites is 1. The first-order valence-corrected chi connectivity index (χ1v) is 11.6. The van der Waals surface area contributed by atoms with Gasteiger partial charge in [-0.25, -0.2) is 4.98 Å². The van der Waals surface area contributed by atoms with Crippen molar-refractivity contribution < 1.29 is 5.11 Å². The number of fused-ring (bicyclic) bond motifs is 1. The van der Waals surface area contributed by atoms with Crippen LogP contribution >= 0.6 is 27.3 Å². The highest BCUT2D eigenvalue weighted by Gasteiger charge is 2.31. The maximum atomic E-state index is 11.0. The Kier molecular flexibility index (Phi) is 5.22. The Morgan fingerprint density at radius 2 is 1.80 bits per heavy atom. The predicted molar refractivity (Wildman–Crippen MR) is 123 cm³/mol. The van der Waals surface area contributed by atoms with Crippen molar-refractivity contribution in [1.82, 2.24) is 19.5 Å². The number of aryl methyl sites for hydroxylation is 1. The number of aromatic nitrogens is 3. The molecule has 0 bridgehead atoms. The Balaban J connectivity index is 1.49. The zero-order chi connectivity index (χ0) is 20.7. The minimum absolute atomic E-state index is 0.0470. The van der Waals surface area contributed by atoms with Crippen molar-refractivity contribution in [2.24, 2.45) is 0 Å². The van der Waals surface area contributed by atoms with Gasteiger partial charge in [0, 0.05) is 36.3 Å². The molecule has 1 aliphatic rings. The van der Waals surface area contributed by atoms with E-state index in [4.69, 9.17) is 0 Å². The largest absolute Gasteiger partial charge is 0.492 e. The van der Waals surface area contributed by atoms with E-state index < -0.39 is 0 Å². The third-order valence-electron chi connectivity index (χ3n) is 5.52. The quantitative estimate of drug-likeness (QED) is 0.463. The number of nitrogens with zero attached hydrogens (tertiary/aromatic N) is 5. The molecule has 8 heteroatoms. The summed E-state index contributed by atoms with van der Waals surface area (Å²) in [5.74, 6) is 0.852. The van der Waals surface area contributed by atoms with Gasteiger partial charge in [0.25, 0.3) is 0 Å². The second-order valence-electron chi connectivity index (χ2n) is 7.46. The van der Waals surface area contributed by atoms with Crippen LogP contribution in [0, 0.1) is 6.92 Å². The van der Waals surface area contributed by atoms with E-state index in [1.54, 1.807) is 4.52 Å². The van der Waals surface area contributed by atoms with E-state index >= 15 is 0 Å². The average Bonchev–Trinajstić information content (AvgIpc) is 3.27. The summed E-state index contributed by atoms with van der Waals surface area (Å²) in [5, 5.41) is 15.3. The first-order valence-electron chi connectivity index (χ1n) is 9.94. The van der Waals surface area contributed by atoms with Crippen LogP contribution in [0.4, 0.5) is 5.69 Å². The van der Waals surface area contributed by atoms with Gasteiger partial charge in [0.2, 0.25) is 10.8 Å². The summed E-state index contributed by atoms with van der Waals surface area (Å²) in [4.78, 5) is 10.9. The van der Waals surface area contributed by atoms with Gasteiger partial charge in [0.05, 0.1) is 10.9 Å². The summed E-state index contributed by atoms with van der Waals surface area (Å²) in [6.07, 6.45) is 0. The maximum Gasteiger partial charge on any atom is 0.230 e. The standard InChI is InChI=1S/C22H22BrN5OS/c1-15-24-22-28(25-15)21(29)20(30-22)19(16-6-5-7-17(23)14-16)27-12-10-26(11-13-27)18-8-3-2-4-9-18/h2-9,14,19,29H,10-13H2,1H3/t19-/m0/s1.